The summed E-state index contributed by atoms with van der Waals surface area (Å²) in [6.07, 6.45) is 0.993. The highest BCUT2D eigenvalue weighted by molar-refractivity contribution is 5.58. The molecule has 0 N–H and O–H groups in total. The summed E-state index contributed by atoms with van der Waals surface area (Å²) in [5.41, 5.74) is -0.191. The summed E-state index contributed by atoms with van der Waals surface area (Å²) in [4.78, 5) is 12.3. The Bertz CT molecular complexity index is 97.1. The van der Waals surface area contributed by atoms with Gasteiger partial charge in [-0.05, 0) is 14.1 Å². The molecule has 0 saturated carbocycles. The molecular weight excluding hydrogens is 114 g/mol. The van der Waals surface area contributed by atoms with Gasteiger partial charge in [-0.15, -0.1) is 0 Å². The van der Waals surface area contributed by atoms with Crippen LogP contribution in [0.2, 0.25) is 0 Å². The van der Waals surface area contributed by atoms with Crippen LogP contribution in [0.3, 0.4) is 0 Å². The van der Waals surface area contributed by atoms with E-state index in [-0.39, 0.29) is 5.41 Å². The Morgan fingerprint density at radius 1 is 1.44 bits per heavy atom. The molecule has 0 aromatic carbocycles. The van der Waals surface area contributed by atoms with E-state index in [9.17, 15) is 4.79 Å². The van der Waals surface area contributed by atoms with Crippen molar-refractivity contribution < 1.29 is 4.79 Å². The minimum Gasteiger partial charge on any atom is -0.308 e. The van der Waals surface area contributed by atoms with Crippen LogP contribution in [-0.2, 0) is 4.79 Å². The average molecular weight is 129 g/mol. The molecule has 0 aliphatic carbocycles. The zero-order chi connectivity index (χ0) is 7.49. The van der Waals surface area contributed by atoms with Gasteiger partial charge in [-0.2, -0.15) is 0 Å². The number of hydrogen-bond donors (Lipinski definition) is 0. The van der Waals surface area contributed by atoms with Crippen molar-refractivity contribution >= 4 is 6.29 Å². The van der Waals surface area contributed by atoms with Crippen LogP contribution in [0.1, 0.15) is 13.8 Å². The number of nitrogens with zero attached hydrogens (tertiary/aromatic N) is 1. The van der Waals surface area contributed by atoms with Crippen LogP contribution in [0, 0.1) is 5.41 Å². The summed E-state index contributed by atoms with van der Waals surface area (Å²) < 4.78 is 0. The molecule has 2 heteroatoms. The monoisotopic (exact) mass is 129 g/mol. The molecule has 0 spiro atoms. The molecule has 0 fully saturated rings. The van der Waals surface area contributed by atoms with Crippen LogP contribution in [0.4, 0.5) is 0 Å². The SMILES string of the molecule is CN(C)CC(C)(C)C=O. The van der Waals surface area contributed by atoms with Crippen LogP contribution < -0.4 is 0 Å². The number of hydrogen-bond acceptors (Lipinski definition) is 2. The predicted octanol–water partition coefficient (Wildman–Crippen LogP) is 0.773. The normalized spacial score (nSPS) is 12.1. The Kier molecular flexibility index (Phi) is 2.85. The Morgan fingerprint density at radius 2 is 1.89 bits per heavy atom. The predicted molar refractivity (Wildman–Crippen MR) is 38.4 cm³/mol. The maximum absolute atomic E-state index is 10.3. The zero-order valence-corrected chi connectivity index (χ0v) is 6.64. The van der Waals surface area contributed by atoms with Crippen molar-refractivity contribution in [2.24, 2.45) is 5.41 Å². The molecule has 0 aromatic rings. The van der Waals surface area contributed by atoms with E-state index in [0.717, 1.165) is 12.8 Å². The largest absolute Gasteiger partial charge is 0.308 e. The summed E-state index contributed by atoms with van der Waals surface area (Å²) in [6.45, 7) is 4.68. The number of rotatable bonds is 3. The first-order valence-electron chi connectivity index (χ1n) is 3.09. The van der Waals surface area contributed by atoms with Crippen molar-refractivity contribution in [3.05, 3.63) is 0 Å². The maximum Gasteiger partial charge on any atom is 0.126 e. The van der Waals surface area contributed by atoms with Gasteiger partial charge in [-0.1, -0.05) is 13.8 Å². The van der Waals surface area contributed by atoms with E-state index in [4.69, 9.17) is 0 Å². The lowest BCUT2D eigenvalue weighted by Crippen LogP contribution is -2.29. The fourth-order valence-electron chi connectivity index (χ4n) is 0.852. The lowest BCUT2D eigenvalue weighted by Gasteiger charge is -2.21. The third kappa shape index (κ3) is 4.15. The van der Waals surface area contributed by atoms with Gasteiger partial charge in [0.05, 0.1) is 0 Å². The Labute approximate surface area is 56.9 Å². The number of carbonyl (C=O) groups excluding carboxylic acids is 1. The highest BCUT2D eigenvalue weighted by Crippen LogP contribution is 2.10. The second-order valence-electron chi connectivity index (χ2n) is 3.34. The quantitative estimate of drug-likeness (QED) is 0.525. The van der Waals surface area contributed by atoms with Gasteiger partial charge in [0.25, 0.3) is 0 Å². The maximum atomic E-state index is 10.3. The molecule has 0 rings (SSSR count). The summed E-state index contributed by atoms with van der Waals surface area (Å²) in [5.74, 6) is 0. The first-order chi connectivity index (χ1) is 3.98. The average Bonchev–Trinajstić information content (AvgIpc) is 1.63. The van der Waals surface area contributed by atoms with Gasteiger partial charge < -0.3 is 9.69 Å². The van der Waals surface area contributed by atoms with E-state index in [1.807, 2.05) is 32.8 Å². The fourth-order valence-corrected chi connectivity index (χ4v) is 0.852. The first kappa shape index (κ1) is 8.63. The van der Waals surface area contributed by atoms with Gasteiger partial charge in [-0.25, -0.2) is 0 Å². The van der Waals surface area contributed by atoms with Crippen molar-refractivity contribution in [3.8, 4) is 0 Å². The molecule has 0 radical (unpaired) electrons. The Hall–Kier alpha value is -0.370. The second-order valence-corrected chi connectivity index (χ2v) is 3.34. The van der Waals surface area contributed by atoms with Gasteiger partial charge in [0, 0.05) is 12.0 Å². The van der Waals surface area contributed by atoms with Crippen molar-refractivity contribution in [3.63, 3.8) is 0 Å². The van der Waals surface area contributed by atoms with Gasteiger partial charge in [0.1, 0.15) is 6.29 Å². The zero-order valence-electron chi connectivity index (χ0n) is 6.64. The summed E-state index contributed by atoms with van der Waals surface area (Å²) in [7, 11) is 3.93. The van der Waals surface area contributed by atoms with Gasteiger partial charge in [0.15, 0.2) is 0 Å². The van der Waals surface area contributed by atoms with E-state index in [1.165, 1.54) is 0 Å². The van der Waals surface area contributed by atoms with Gasteiger partial charge in [0.2, 0.25) is 0 Å². The summed E-state index contributed by atoms with van der Waals surface area (Å²) in [5, 5.41) is 0. The second kappa shape index (κ2) is 2.97. The highest BCUT2D eigenvalue weighted by atomic mass is 16.1. The highest BCUT2D eigenvalue weighted by Gasteiger charge is 2.16. The van der Waals surface area contributed by atoms with Crippen LogP contribution in [0.15, 0.2) is 0 Å². The van der Waals surface area contributed by atoms with Crippen LogP contribution in [0.25, 0.3) is 0 Å². The molecule has 0 amide bonds. The smallest absolute Gasteiger partial charge is 0.126 e. The van der Waals surface area contributed by atoms with Crippen molar-refractivity contribution in [2.45, 2.75) is 13.8 Å². The minimum absolute atomic E-state index is 0.191. The van der Waals surface area contributed by atoms with Crippen LogP contribution >= 0.6 is 0 Å². The Balaban J connectivity index is 3.71. The van der Waals surface area contributed by atoms with E-state index >= 15 is 0 Å². The van der Waals surface area contributed by atoms with Gasteiger partial charge >= 0.3 is 0 Å². The molecule has 0 aliphatic rings. The third-order valence-electron chi connectivity index (χ3n) is 1.04. The van der Waals surface area contributed by atoms with Crippen molar-refractivity contribution in [1.82, 2.24) is 4.90 Å². The standard InChI is InChI=1S/C7H15NO/c1-7(2,6-9)5-8(3)4/h6H,5H2,1-4H3. The fraction of sp³-hybridized carbons (Fsp3) is 0.857. The molecule has 0 unspecified atom stereocenters. The number of carbonyl (C=O) groups is 1. The molecule has 9 heavy (non-hydrogen) atoms. The van der Waals surface area contributed by atoms with E-state index < -0.39 is 0 Å². The van der Waals surface area contributed by atoms with E-state index in [2.05, 4.69) is 0 Å². The molecule has 0 aliphatic heterocycles. The molecule has 0 aromatic heterocycles. The Morgan fingerprint density at radius 3 is 2.00 bits per heavy atom. The first-order valence-corrected chi connectivity index (χ1v) is 3.09. The lowest BCUT2D eigenvalue weighted by molar-refractivity contribution is -0.115. The molecule has 0 bridgehead atoms. The summed E-state index contributed by atoms with van der Waals surface area (Å²) in [6, 6.07) is 0. The lowest BCUT2D eigenvalue weighted by atomic mass is 9.96. The topological polar surface area (TPSA) is 20.3 Å². The molecule has 54 valence electrons. The van der Waals surface area contributed by atoms with E-state index in [0.29, 0.717) is 0 Å². The van der Waals surface area contributed by atoms with Crippen molar-refractivity contribution in [1.29, 1.82) is 0 Å². The minimum atomic E-state index is -0.191. The molecule has 0 atom stereocenters. The molecular formula is C7H15NO. The summed E-state index contributed by atoms with van der Waals surface area (Å²) >= 11 is 0. The van der Waals surface area contributed by atoms with E-state index in [1.54, 1.807) is 0 Å². The van der Waals surface area contributed by atoms with Crippen molar-refractivity contribution in [2.75, 3.05) is 20.6 Å². The van der Waals surface area contributed by atoms with Crippen LogP contribution in [0.5, 0.6) is 0 Å². The van der Waals surface area contributed by atoms with Gasteiger partial charge in [-0.3, -0.25) is 0 Å². The molecule has 0 saturated heterocycles. The molecule has 2 nitrogen and oxygen atoms in total. The molecule has 0 heterocycles. The van der Waals surface area contributed by atoms with Crippen LogP contribution in [-0.4, -0.2) is 31.8 Å². The third-order valence-corrected chi connectivity index (χ3v) is 1.04. The number of aldehydes is 1.